The summed E-state index contributed by atoms with van der Waals surface area (Å²) in [6.45, 7) is 5.64. The lowest BCUT2D eigenvalue weighted by Gasteiger charge is -2.50. The molecule has 5 unspecified atom stereocenters. The zero-order chi connectivity index (χ0) is 24.6. The maximum absolute atomic E-state index is 13.2. The summed E-state index contributed by atoms with van der Waals surface area (Å²) < 4.78 is 17.1. The Hall–Kier alpha value is -3.04. The van der Waals surface area contributed by atoms with E-state index in [2.05, 4.69) is 0 Å². The van der Waals surface area contributed by atoms with Crippen LogP contribution in [0.25, 0.3) is 0 Å². The molecule has 1 aliphatic carbocycles. The first-order chi connectivity index (χ1) is 15.4. The molecule has 9 heteroatoms. The van der Waals surface area contributed by atoms with Crippen molar-refractivity contribution >= 4 is 23.5 Å². The van der Waals surface area contributed by atoms with Gasteiger partial charge in [-0.25, -0.2) is 4.79 Å². The number of carboxylic acids is 1. The molecule has 0 aromatic heterocycles. The Bertz CT molecular complexity index is 1000. The van der Waals surface area contributed by atoms with Crippen molar-refractivity contribution in [3.8, 4) is 0 Å². The van der Waals surface area contributed by atoms with Crippen molar-refractivity contribution in [2.24, 2.45) is 5.92 Å². The van der Waals surface area contributed by atoms with Gasteiger partial charge >= 0.3 is 11.9 Å². The van der Waals surface area contributed by atoms with Gasteiger partial charge in [-0.2, -0.15) is 0 Å². The fraction of sp³-hybridized carbons (Fsp3) is 0.500. The monoisotopic (exact) mass is 460 g/mol. The van der Waals surface area contributed by atoms with Crippen molar-refractivity contribution in [1.29, 1.82) is 0 Å². The van der Waals surface area contributed by atoms with Crippen LogP contribution in [0.4, 0.5) is 0 Å². The van der Waals surface area contributed by atoms with Crippen LogP contribution in [-0.2, 0) is 33.4 Å². The summed E-state index contributed by atoms with van der Waals surface area (Å²) in [5, 5.41) is 19.9. The summed E-state index contributed by atoms with van der Waals surface area (Å²) in [5.41, 5.74) is -1.49. The molecule has 2 N–H and O–H groups in total. The molecule has 178 valence electrons. The third kappa shape index (κ3) is 4.43. The smallest absolute Gasteiger partial charge is 0.331 e. The number of carbonyl (C=O) groups is 4. The number of carbonyl (C=O) groups excluding carboxylic acids is 3. The Morgan fingerprint density at radius 2 is 1.97 bits per heavy atom. The Labute approximate surface area is 191 Å². The average molecular weight is 460 g/mol. The maximum atomic E-state index is 13.2. The highest BCUT2D eigenvalue weighted by atomic mass is 16.7. The molecule has 0 radical (unpaired) electrons. The molecule has 1 fully saturated rings. The first-order valence-corrected chi connectivity index (χ1v) is 10.7. The van der Waals surface area contributed by atoms with Crippen LogP contribution >= 0.6 is 0 Å². The number of fused-ring (bicyclic) bond motifs is 1. The first kappa shape index (κ1) is 24.6. The molecule has 3 aliphatic rings. The lowest BCUT2D eigenvalue weighted by Crippen LogP contribution is -2.60. The van der Waals surface area contributed by atoms with Crippen LogP contribution in [-0.4, -0.2) is 57.3 Å². The van der Waals surface area contributed by atoms with Gasteiger partial charge in [-0.3, -0.25) is 14.4 Å². The number of ketones is 2. The summed E-state index contributed by atoms with van der Waals surface area (Å²) in [6.07, 6.45) is 6.93. The highest BCUT2D eigenvalue weighted by Crippen LogP contribution is 2.49. The normalized spacial score (nSPS) is 34.5. The molecule has 9 nitrogen and oxygen atoms in total. The van der Waals surface area contributed by atoms with Gasteiger partial charge in [0.25, 0.3) is 0 Å². The third-order valence-corrected chi connectivity index (χ3v) is 6.20. The number of Topliss-reactive ketones (excluding diaryl/α,β-unsaturated/α-hetero) is 1. The van der Waals surface area contributed by atoms with Crippen molar-refractivity contribution in [3.05, 3.63) is 47.3 Å². The summed E-state index contributed by atoms with van der Waals surface area (Å²) in [7, 11) is 0. The van der Waals surface area contributed by atoms with Gasteiger partial charge in [0.2, 0.25) is 23.0 Å². The van der Waals surface area contributed by atoms with Crippen LogP contribution in [0.2, 0.25) is 0 Å². The van der Waals surface area contributed by atoms with Crippen molar-refractivity contribution in [1.82, 2.24) is 0 Å². The van der Waals surface area contributed by atoms with Crippen LogP contribution in [0.5, 0.6) is 0 Å². The molecular formula is C24H28O9. The topological polar surface area (TPSA) is 136 Å². The van der Waals surface area contributed by atoms with Gasteiger partial charge < -0.3 is 24.4 Å². The van der Waals surface area contributed by atoms with E-state index in [-0.39, 0.29) is 23.7 Å². The highest BCUT2D eigenvalue weighted by molar-refractivity contribution is 6.26. The Morgan fingerprint density at radius 1 is 1.27 bits per heavy atom. The summed E-state index contributed by atoms with van der Waals surface area (Å²) >= 11 is 0. The van der Waals surface area contributed by atoms with Crippen LogP contribution in [0.15, 0.2) is 47.3 Å². The number of allylic oxidation sites excluding steroid dienone is 3. The molecule has 0 amide bonds. The number of hydrogen-bond donors (Lipinski definition) is 2. The summed E-state index contributed by atoms with van der Waals surface area (Å²) in [6, 6.07) is 0. The fourth-order valence-electron chi connectivity index (χ4n) is 4.36. The molecule has 2 aliphatic heterocycles. The minimum Gasteiger partial charge on any atom is -0.478 e. The molecule has 3 rings (SSSR count). The zero-order valence-corrected chi connectivity index (χ0v) is 19.0. The summed E-state index contributed by atoms with van der Waals surface area (Å²) in [5.74, 6) is -5.52. The van der Waals surface area contributed by atoms with Gasteiger partial charge in [-0.15, -0.1) is 0 Å². The van der Waals surface area contributed by atoms with Crippen molar-refractivity contribution < 1.29 is 43.6 Å². The largest absolute Gasteiger partial charge is 0.478 e. The molecule has 1 spiro atoms. The average Bonchev–Trinajstić information content (AvgIpc) is 2.73. The SMILES string of the molecule is CC(=O)OC1(C)C(=O)C=C2C(=COC3(OC(C)CCC3O)C2CC=CC=C(C)C(=O)O)C1=O. The van der Waals surface area contributed by atoms with E-state index in [4.69, 9.17) is 19.3 Å². The van der Waals surface area contributed by atoms with Gasteiger partial charge in [0, 0.05) is 12.5 Å². The van der Waals surface area contributed by atoms with Crippen molar-refractivity contribution in [2.45, 2.75) is 70.6 Å². The molecule has 0 bridgehead atoms. The van der Waals surface area contributed by atoms with E-state index in [0.717, 1.165) is 13.2 Å². The van der Waals surface area contributed by atoms with Gasteiger partial charge in [0.1, 0.15) is 6.10 Å². The van der Waals surface area contributed by atoms with E-state index in [0.29, 0.717) is 18.4 Å². The third-order valence-electron chi connectivity index (χ3n) is 6.20. The number of carboxylic acid groups (broad SMARTS) is 1. The second kappa shape index (κ2) is 9.07. The molecule has 1 saturated heterocycles. The summed E-state index contributed by atoms with van der Waals surface area (Å²) in [4.78, 5) is 48.7. The molecule has 0 aromatic rings. The Balaban J connectivity index is 2.06. The van der Waals surface area contributed by atoms with E-state index in [1.807, 2.05) is 6.92 Å². The second-order valence-electron chi connectivity index (χ2n) is 8.68. The van der Waals surface area contributed by atoms with Gasteiger partial charge in [-0.05, 0) is 51.7 Å². The lowest BCUT2D eigenvalue weighted by molar-refractivity contribution is -0.320. The van der Waals surface area contributed by atoms with E-state index >= 15 is 0 Å². The molecule has 5 atom stereocenters. The quantitative estimate of drug-likeness (QED) is 0.274. The number of esters is 1. The first-order valence-electron chi connectivity index (χ1n) is 10.7. The fourth-order valence-corrected chi connectivity index (χ4v) is 4.36. The molecule has 33 heavy (non-hydrogen) atoms. The molecular weight excluding hydrogens is 432 g/mol. The number of hydrogen-bond acceptors (Lipinski definition) is 8. The molecule has 2 heterocycles. The van der Waals surface area contributed by atoms with Crippen LogP contribution in [0, 0.1) is 5.92 Å². The van der Waals surface area contributed by atoms with Crippen molar-refractivity contribution in [3.63, 3.8) is 0 Å². The number of rotatable bonds is 5. The minimum atomic E-state index is -2.00. The molecule has 0 saturated carbocycles. The predicted octanol–water partition coefficient (Wildman–Crippen LogP) is 2.15. The zero-order valence-electron chi connectivity index (χ0n) is 19.0. The Morgan fingerprint density at radius 3 is 2.61 bits per heavy atom. The van der Waals surface area contributed by atoms with Gasteiger partial charge in [0.05, 0.1) is 23.9 Å². The van der Waals surface area contributed by atoms with Crippen LogP contribution < -0.4 is 0 Å². The lowest BCUT2D eigenvalue weighted by atomic mass is 9.70. The predicted molar refractivity (Wildman–Crippen MR) is 115 cm³/mol. The highest BCUT2D eigenvalue weighted by Gasteiger charge is 2.59. The second-order valence-corrected chi connectivity index (χ2v) is 8.68. The number of ether oxygens (including phenoxy) is 3. The number of aliphatic hydroxyl groups is 1. The van der Waals surface area contributed by atoms with Crippen LogP contribution in [0.1, 0.15) is 47.0 Å². The Kier molecular flexibility index (Phi) is 6.76. The van der Waals surface area contributed by atoms with Crippen LogP contribution in [0.3, 0.4) is 0 Å². The molecule has 0 aromatic carbocycles. The maximum Gasteiger partial charge on any atom is 0.331 e. The van der Waals surface area contributed by atoms with Gasteiger partial charge in [-0.1, -0.05) is 18.2 Å². The van der Waals surface area contributed by atoms with E-state index in [9.17, 15) is 24.3 Å². The standard InChI is InChI=1S/C24H28O9/c1-13(22(29)30)7-5-6-8-18-16-11-20(27)23(4,33-15(3)25)21(28)17(16)12-31-24(18)19(26)10-9-14(2)32-24/h5-7,11-12,14,18-19,26H,8-10H2,1-4H3,(H,29,30). The minimum absolute atomic E-state index is 0.0636. The van der Waals surface area contributed by atoms with E-state index < -0.39 is 46.9 Å². The van der Waals surface area contributed by atoms with E-state index in [1.165, 1.54) is 26.0 Å². The number of aliphatic hydroxyl groups excluding tert-OH is 1. The van der Waals surface area contributed by atoms with E-state index in [1.54, 1.807) is 12.2 Å². The number of aliphatic carboxylic acids is 1. The van der Waals surface area contributed by atoms with Crippen molar-refractivity contribution in [2.75, 3.05) is 0 Å². The van der Waals surface area contributed by atoms with Gasteiger partial charge in [0.15, 0.2) is 0 Å².